The summed E-state index contributed by atoms with van der Waals surface area (Å²) in [6.45, 7) is 0.788. The van der Waals surface area contributed by atoms with Crippen LogP contribution in [0.3, 0.4) is 0 Å². The summed E-state index contributed by atoms with van der Waals surface area (Å²) in [5.74, 6) is 1.79. The van der Waals surface area contributed by atoms with Gasteiger partial charge in [-0.3, -0.25) is 4.79 Å². The molecule has 1 aliphatic carbocycles. The highest BCUT2D eigenvalue weighted by Crippen LogP contribution is 2.26. The lowest BCUT2D eigenvalue weighted by Crippen LogP contribution is -2.12. The van der Waals surface area contributed by atoms with Gasteiger partial charge in [-0.25, -0.2) is 0 Å². The molecule has 3 heteroatoms. The van der Waals surface area contributed by atoms with E-state index in [-0.39, 0.29) is 5.91 Å². The Morgan fingerprint density at radius 2 is 1.70 bits per heavy atom. The number of benzene rings is 2. The summed E-state index contributed by atoms with van der Waals surface area (Å²) in [5, 5.41) is 2.97. The van der Waals surface area contributed by atoms with Gasteiger partial charge in [-0.2, -0.15) is 0 Å². The van der Waals surface area contributed by atoms with Gasteiger partial charge in [0.05, 0.1) is 6.61 Å². The van der Waals surface area contributed by atoms with E-state index in [1.165, 1.54) is 37.7 Å². The number of aryl methyl sites for hydroxylation is 1. The van der Waals surface area contributed by atoms with Gasteiger partial charge in [0, 0.05) is 12.1 Å². The van der Waals surface area contributed by atoms with Crippen molar-refractivity contribution < 1.29 is 9.53 Å². The highest BCUT2D eigenvalue weighted by atomic mass is 16.5. The Morgan fingerprint density at radius 3 is 2.44 bits per heavy atom. The van der Waals surface area contributed by atoms with Crippen molar-refractivity contribution in [3.8, 4) is 5.75 Å². The van der Waals surface area contributed by atoms with Crippen molar-refractivity contribution in [2.75, 3.05) is 11.9 Å². The van der Waals surface area contributed by atoms with Crippen molar-refractivity contribution in [3.63, 3.8) is 0 Å². The van der Waals surface area contributed by atoms with Gasteiger partial charge in [-0.1, -0.05) is 62.4 Å². The third kappa shape index (κ3) is 7.09. The fraction of sp³-hybridized carbons (Fsp3) is 0.458. The number of carbonyl (C=O) groups is 1. The summed E-state index contributed by atoms with van der Waals surface area (Å²) in [6.07, 6.45) is 10.4. The van der Waals surface area contributed by atoms with Crippen molar-refractivity contribution in [2.45, 2.75) is 57.8 Å². The molecule has 0 aromatic heterocycles. The van der Waals surface area contributed by atoms with E-state index in [2.05, 4.69) is 17.4 Å². The average molecular weight is 366 g/mol. The van der Waals surface area contributed by atoms with E-state index in [1.54, 1.807) is 0 Å². The fourth-order valence-electron chi connectivity index (χ4n) is 3.77. The summed E-state index contributed by atoms with van der Waals surface area (Å²) in [6, 6.07) is 18.0. The van der Waals surface area contributed by atoms with Gasteiger partial charge in [-0.05, 0) is 55.0 Å². The van der Waals surface area contributed by atoms with Crippen LogP contribution >= 0.6 is 0 Å². The molecule has 1 aliphatic rings. The molecule has 3 rings (SSSR count). The average Bonchev–Trinajstić information content (AvgIpc) is 2.71. The minimum absolute atomic E-state index is 0.0666. The number of ether oxygens (including phenoxy) is 1. The van der Waals surface area contributed by atoms with Gasteiger partial charge in [0.25, 0.3) is 0 Å². The molecule has 0 bridgehead atoms. The number of nitrogens with one attached hydrogen (secondary N) is 1. The molecular formula is C24H31NO2. The zero-order valence-electron chi connectivity index (χ0n) is 16.2. The molecule has 2 aromatic carbocycles. The lowest BCUT2D eigenvalue weighted by molar-refractivity contribution is -0.116. The molecule has 0 saturated heterocycles. The number of hydrogen-bond donors (Lipinski definition) is 1. The number of anilines is 1. The van der Waals surface area contributed by atoms with Gasteiger partial charge in [0.2, 0.25) is 5.91 Å². The summed E-state index contributed by atoms with van der Waals surface area (Å²) in [5.41, 5.74) is 2.11. The Labute approximate surface area is 163 Å². The fourth-order valence-corrected chi connectivity index (χ4v) is 3.77. The number of carbonyl (C=O) groups excluding carboxylic acids is 1. The van der Waals surface area contributed by atoms with Gasteiger partial charge in [0.15, 0.2) is 0 Å². The normalized spacial score (nSPS) is 14.7. The van der Waals surface area contributed by atoms with Crippen LogP contribution in [-0.2, 0) is 11.2 Å². The Bertz CT molecular complexity index is 675. The summed E-state index contributed by atoms with van der Waals surface area (Å²) in [4.78, 5) is 12.1. The molecular weight excluding hydrogens is 334 g/mol. The van der Waals surface area contributed by atoms with Crippen molar-refractivity contribution in [3.05, 3.63) is 60.2 Å². The molecule has 0 heterocycles. The van der Waals surface area contributed by atoms with Gasteiger partial charge < -0.3 is 10.1 Å². The third-order valence-corrected chi connectivity index (χ3v) is 5.37. The third-order valence-electron chi connectivity index (χ3n) is 5.37. The van der Waals surface area contributed by atoms with E-state index in [0.717, 1.165) is 43.2 Å². The smallest absolute Gasteiger partial charge is 0.224 e. The molecule has 1 N–H and O–H groups in total. The van der Waals surface area contributed by atoms with Gasteiger partial charge >= 0.3 is 0 Å². The monoisotopic (exact) mass is 365 g/mol. The molecule has 0 unspecified atom stereocenters. The number of amides is 1. The van der Waals surface area contributed by atoms with Gasteiger partial charge in [0.1, 0.15) is 5.75 Å². The van der Waals surface area contributed by atoms with Crippen LogP contribution in [-0.4, -0.2) is 12.5 Å². The molecule has 2 aromatic rings. The van der Waals surface area contributed by atoms with Crippen LogP contribution in [0.5, 0.6) is 5.75 Å². The largest absolute Gasteiger partial charge is 0.494 e. The standard InChI is InChI=1S/C24H31NO2/c26-24(13-7-12-20-8-3-1-4-9-20)25-22-14-16-23(17-15-22)27-19-18-21-10-5-2-6-11-21/h1,3-4,8-9,14-17,21H,2,5-7,10-13,18-19H2,(H,25,26). The van der Waals surface area contributed by atoms with Crippen molar-refractivity contribution >= 4 is 11.6 Å². The predicted molar refractivity (Wildman–Crippen MR) is 111 cm³/mol. The zero-order chi connectivity index (χ0) is 18.7. The predicted octanol–water partition coefficient (Wildman–Crippen LogP) is 6.00. The SMILES string of the molecule is O=C(CCCc1ccccc1)Nc1ccc(OCCC2CCCCC2)cc1. The molecule has 0 radical (unpaired) electrons. The maximum Gasteiger partial charge on any atom is 0.224 e. The molecule has 1 fully saturated rings. The first-order chi connectivity index (χ1) is 13.3. The Morgan fingerprint density at radius 1 is 0.963 bits per heavy atom. The van der Waals surface area contributed by atoms with E-state index < -0.39 is 0 Å². The Hall–Kier alpha value is -2.29. The van der Waals surface area contributed by atoms with Crippen LogP contribution in [0.1, 0.15) is 56.9 Å². The van der Waals surface area contributed by atoms with Crippen molar-refractivity contribution in [1.82, 2.24) is 0 Å². The highest BCUT2D eigenvalue weighted by molar-refractivity contribution is 5.90. The number of hydrogen-bond acceptors (Lipinski definition) is 2. The topological polar surface area (TPSA) is 38.3 Å². The van der Waals surface area contributed by atoms with E-state index in [1.807, 2.05) is 42.5 Å². The molecule has 0 spiro atoms. The molecule has 3 nitrogen and oxygen atoms in total. The number of rotatable bonds is 9. The minimum atomic E-state index is 0.0666. The summed E-state index contributed by atoms with van der Waals surface area (Å²) >= 11 is 0. The molecule has 1 saturated carbocycles. The molecule has 0 atom stereocenters. The first-order valence-corrected chi connectivity index (χ1v) is 10.4. The molecule has 1 amide bonds. The first kappa shape index (κ1) is 19.5. The summed E-state index contributed by atoms with van der Waals surface area (Å²) < 4.78 is 5.87. The lowest BCUT2D eigenvalue weighted by Gasteiger charge is -2.21. The highest BCUT2D eigenvalue weighted by Gasteiger charge is 2.13. The molecule has 27 heavy (non-hydrogen) atoms. The second-order valence-corrected chi connectivity index (χ2v) is 7.55. The van der Waals surface area contributed by atoms with Crippen molar-refractivity contribution in [2.24, 2.45) is 5.92 Å². The van der Waals surface area contributed by atoms with E-state index in [0.29, 0.717) is 6.42 Å². The Kier molecular flexibility index (Phi) is 7.76. The van der Waals surface area contributed by atoms with E-state index in [4.69, 9.17) is 4.74 Å². The minimum Gasteiger partial charge on any atom is -0.494 e. The summed E-state index contributed by atoms with van der Waals surface area (Å²) in [7, 11) is 0. The maximum atomic E-state index is 12.1. The van der Waals surface area contributed by atoms with E-state index >= 15 is 0 Å². The second-order valence-electron chi connectivity index (χ2n) is 7.55. The maximum absolute atomic E-state index is 12.1. The zero-order valence-corrected chi connectivity index (χ0v) is 16.2. The van der Waals surface area contributed by atoms with Crippen LogP contribution in [0.25, 0.3) is 0 Å². The lowest BCUT2D eigenvalue weighted by atomic mass is 9.87. The molecule has 0 aliphatic heterocycles. The molecule has 144 valence electrons. The van der Waals surface area contributed by atoms with Crippen molar-refractivity contribution in [1.29, 1.82) is 0 Å². The quantitative estimate of drug-likeness (QED) is 0.592. The van der Waals surface area contributed by atoms with Crippen LogP contribution in [0.4, 0.5) is 5.69 Å². The van der Waals surface area contributed by atoms with Gasteiger partial charge in [-0.15, -0.1) is 0 Å². The second kappa shape index (κ2) is 10.8. The van der Waals surface area contributed by atoms with E-state index in [9.17, 15) is 4.79 Å². The Balaban J connectivity index is 1.33. The first-order valence-electron chi connectivity index (χ1n) is 10.4. The van der Waals surface area contributed by atoms with Crippen LogP contribution in [0.2, 0.25) is 0 Å². The van der Waals surface area contributed by atoms with Crippen LogP contribution < -0.4 is 10.1 Å². The van der Waals surface area contributed by atoms with Crippen LogP contribution in [0.15, 0.2) is 54.6 Å². The van der Waals surface area contributed by atoms with Crippen LogP contribution in [0, 0.1) is 5.92 Å².